The molecule has 1 unspecified atom stereocenters. The molecule has 28 heavy (non-hydrogen) atoms. The van der Waals surface area contributed by atoms with Crippen LogP contribution in [0.3, 0.4) is 0 Å². The van der Waals surface area contributed by atoms with E-state index in [0.717, 1.165) is 40.3 Å². The van der Waals surface area contributed by atoms with E-state index in [-0.39, 0.29) is 19.6 Å². The Morgan fingerprint density at radius 1 is 0.964 bits per heavy atom. The molecule has 2 aromatic carbocycles. The summed E-state index contributed by atoms with van der Waals surface area (Å²) >= 11 is 0. The highest BCUT2D eigenvalue weighted by Crippen LogP contribution is 2.27. The maximum absolute atomic E-state index is 10.4. The molecule has 6 N–H and O–H groups in total. The zero-order valence-electron chi connectivity index (χ0n) is 16.0. The van der Waals surface area contributed by atoms with Crippen molar-refractivity contribution in [3.05, 3.63) is 66.2 Å². The van der Waals surface area contributed by atoms with Gasteiger partial charge in [0.25, 0.3) is 0 Å². The lowest BCUT2D eigenvalue weighted by molar-refractivity contribution is -0.494. The first-order chi connectivity index (χ1) is 13.5. The second kappa shape index (κ2) is 8.67. The largest absolute Gasteiger partial charge is 0.448 e. The molecule has 3 rings (SSSR count). The molecular weight excluding hydrogens is 356 g/mol. The van der Waals surface area contributed by atoms with E-state index in [4.69, 9.17) is 4.42 Å². The van der Waals surface area contributed by atoms with Gasteiger partial charge in [0, 0.05) is 18.4 Å². The third-order valence-electron chi connectivity index (χ3n) is 4.96. The van der Waals surface area contributed by atoms with Crippen LogP contribution >= 0.6 is 0 Å². The number of aliphatic hydroxyl groups is 3. The molecule has 0 saturated carbocycles. The summed E-state index contributed by atoms with van der Waals surface area (Å²) in [6, 6.07) is 15.7. The molecule has 148 valence electrons. The van der Waals surface area contributed by atoms with Crippen LogP contribution in [0.4, 0.5) is 0 Å². The maximum atomic E-state index is 10.4. The number of aryl methyl sites for hydroxylation is 1. The molecule has 0 fully saturated rings. The van der Waals surface area contributed by atoms with Crippen LogP contribution in [0.1, 0.15) is 30.9 Å². The van der Waals surface area contributed by atoms with Gasteiger partial charge in [-0.05, 0) is 16.7 Å². The van der Waals surface area contributed by atoms with Crippen LogP contribution in [0.5, 0.6) is 0 Å². The molecule has 0 saturated heterocycles. The number of rotatable bonds is 8. The Balaban J connectivity index is 1.72. The van der Waals surface area contributed by atoms with E-state index in [0.29, 0.717) is 0 Å². The molecule has 6 nitrogen and oxygen atoms in total. The lowest BCUT2D eigenvalue weighted by atomic mass is 9.91. The van der Waals surface area contributed by atoms with Gasteiger partial charge in [-0.1, -0.05) is 55.5 Å². The van der Waals surface area contributed by atoms with Gasteiger partial charge in [-0.2, -0.15) is 0 Å². The van der Waals surface area contributed by atoms with E-state index in [2.05, 4.69) is 10.7 Å². The quantitative estimate of drug-likeness (QED) is 0.475. The predicted octanol–water partition coefficient (Wildman–Crippen LogP) is 1.96. The van der Waals surface area contributed by atoms with Gasteiger partial charge in [0.1, 0.15) is 30.7 Å². The van der Waals surface area contributed by atoms with Crippen molar-refractivity contribution in [3.63, 3.8) is 0 Å². The number of hydrogen-bond donors (Lipinski definition) is 4. The van der Waals surface area contributed by atoms with Gasteiger partial charge in [0.2, 0.25) is 0 Å². The van der Waals surface area contributed by atoms with Crippen molar-refractivity contribution in [2.75, 3.05) is 13.2 Å². The summed E-state index contributed by atoms with van der Waals surface area (Å²) in [7, 11) is 0. The molecule has 0 spiro atoms. The average molecular weight is 383 g/mol. The highest BCUT2D eigenvalue weighted by Gasteiger charge is 2.31. The Kier molecular flexibility index (Phi) is 6.26. The van der Waals surface area contributed by atoms with Crippen LogP contribution in [0.2, 0.25) is 0 Å². The van der Waals surface area contributed by atoms with Gasteiger partial charge >= 0.3 is 0 Å². The van der Waals surface area contributed by atoms with Gasteiger partial charge in [-0.3, -0.25) is 0 Å². The Bertz CT molecular complexity index is 884. The van der Waals surface area contributed by atoms with Crippen molar-refractivity contribution in [1.82, 2.24) is 4.98 Å². The molecule has 0 aliphatic heterocycles. The molecule has 1 heterocycles. The number of benzene rings is 2. The lowest BCUT2D eigenvalue weighted by Crippen LogP contribution is -2.77. The number of oxazole rings is 1. The maximum Gasteiger partial charge on any atom is 0.194 e. The standard InChI is InChI=1S/C22H26N2O4/c1-2-21-24-19(12-28-21)17-7-3-15(4-8-17)16-5-9-18(10-6-16)20(27)11-22(23,13-25)14-26/h3-10,12,20,25-27H,2,11,13-14,23H2,1H3/p+1. The zero-order chi connectivity index (χ0) is 20.1. The van der Waals surface area contributed by atoms with E-state index in [1.807, 2.05) is 55.5 Å². The SMILES string of the molecule is CCc1nc(-c2ccc(-c3ccc(C(O)CC([NH3+])(CO)CO)cc3)cc2)co1. The van der Waals surface area contributed by atoms with Gasteiger partial charge in [0.05, 0.1) is 6.10 Å². The van der Waals surface area contributed by atoms with Gasteiger partial charge in [-0.15, -0.1) is 0 Å². The molecule has 1 atom stereocenters. The number of hydrogen-bond acceptors (Lipinski definition) is 5. The first kappa shape index (κ1) is 20.2. The van der Waals surface area contributed by atoms with Gasteiger partial charge < -0.3 is 25.5 Å². The number of aliphatic hydroxyl groups excluding tert-OH is 3. The van der Waals surface area contributed by atoms with Gasteiger partial charge in [0.15, 0.2) is 5.89 Å². The summed E-state index contributed by atoms with van der Waals surface area (Å²) in [6.07, 6.45) is 1.83. The Hall–Kier alpha value is -2.51. The second-order valence-electron chi connectivity index (χ2n) is 7.22. The first-order valence-electron chi connectivity index (χ1n) is 9.38. The molecule has 0 aliphatic carbocycles. The van der Waals surface area contributed by atoms with Crippen molar-refractivity contribution in [2.45, 2.75) is 31.4 Å². The van der Waals surface area contributed by atoms with E-state index < -0.39 is 11.6 Å². The van der Waals surface area contributed by atoms with Crippen LogP contribution in [-0.4, -0.2) is 39.1 Å². The average Bonchev–Trinajstić information content (AvgIpc) is 3.23. The van der Waals surface area contributed by atoms with Gasteiger partial charge in [-0.25, -0.2) is 4.98 Å². The lowest BCUT2D eigenvalue weighted by Gasteiger charge is -2.24. The summed E-state index contributed by atoms with van der Waals surface area (Å²) in [5.41, 5.74) is 7.49. The fraction of sp³-hybridized carbons (Fsp3) is 0.318. The zero-order valence-corrected chi connectivity index (χ0v) is 16.0. The van der Waals surface area contributed by atoms with E-state index >= 15 is 0 Å². The smallest absolute Gasteiger partial charge is 0.194 e. The van der Waals surface area contributed by atoms with Crippen molar-refractivity contribution >= 4 is 0 Å². The Morgan fingerprint density at radius 2 is 1.50 bits per heavy atom. The predicted molar refractivity (Wildman–Crippen MR) is 106 cm³/mol. The highest BCUT2D eigenvalue weighted by atomic mass is 16.3. The summed E-state index contributed by atoms with van der Waals surface area (Å²) in [4.78, 5) is 4.44. The topological polar surface area (TPSA) is 114 Å². The van der Waals surface area contributed by atoms with Crippen molar-refractivity contribution < 1.29 is 25.5 Å². The minimum atomic E-state index is -0.952. The molecule has 0 radical (unpaired) electrons. The van der Waals surface area contributed by atoms with Crippen molar-refractivity contribution in [2.24, 2.45) is 0 Å². The normalized spacial score (nSPS) is 12.9. The number of aromatic nitrogens is 1. The second-order valence-corrected chi connectivity index (χ2v) is 7.22. The molecule has 3 aromatic rings. The van der Waals surface area contributed by atoms with E-state index in [1.54, 1.807) is 6.26 Å². The number of quaternary nitrogens is 1. The molecule has 0 aliphatic rings. The Morgan fingerprint density at radius 3 is 2.00 bits per heavy atom. The molecule has 6 heteroatoms. The molecule has 0 bridgehead atoms. The Labute approximate surface area is 164 Å². The third-order valence-corrected chi connectivity index (χ3v) is 4.96. The fourth-order valence-corrected chi connectivity index (χ4v) is 3.04. The van der Waals surface area contributed by atoms with Crippen LogP contribution in [0.15, 0.2) is 59.2 Å². The van der Waals surface area contributed by atoms with Crippen molar-refractivity contribution in [3.8, 4) is 22.4 Å². The highest BCUT2D eigenvalue weighted by molar-refractivity contribution is 5.68. The monoisotopic (exact) mass is 383 g/mol. The fourth-order valence-electron chi connectivity index (χ4n) is 3.04. The molecule has 1 aromatic heterocycles. The summed E-state index contributed by atoms with van der Waals surface area (Å²) in [5, 5.41) is 29.1. The first-order valence-corrected chi connectivity index (χ1v) is 9.38. The minimum Gasteiger partial charge on any atom is -0.448 e. The summed E-state index contributed by atoms with van der Waals surface area (Å²) in [5.74, 6) is 0.724. The van der Waals surface area contributed by atoms with Crippen LogP contribution in [0.25, 0.3) is 22.4 Å². The van der Waals surface area contributed by atoms with Crippen molar-refractivity contribution in [1.29, 1.82) is 0 Å². The summed E-state index contributed by atoms with van der Waals surface area (Å²) < 4.78 is 5.40. The molecule has 0 amide bonds. The summed E-state index contributed by atoms with van der Waals surface area (Å²) in [6.45, 7) is 1.44. The minimum absolute atomic E-state index is 0.186. The van der Waals surface area contributed by atoms with E-state index in [1.165, 1.54) is 0 Å². The number of nitrogens with zero attached hydrogens (tertiary/aromatic N) is 1. The third kappa shape index (κ3) is 4.48. The van der Waals surface area contributed by atoms with Crippen LogP contribution in [-0.2, 0) is 6.42 Å². The molecular formula is C22H27N2O4+. The van der Waals surface area contributed by atoms with E-state index in [9.17, 15) is 15.3 Å². The van der Waals surface area contributed by atoms with Crippen LogP contribution < -0.4 is 5.73 Å². The van der Waals surface area contributed by atoms with Crippen LogP contribution in [0, 0.1) is 0 Å².